The number of anilines is 3. The van der Waals surface area contributed by atoms with Crippen LogP contribution < -0.4 is 15.1 Å². The molecule has 1 N–H and O–H groups in total. The molecule has 1 saturated heterocycles. The standard InChI is InChI=1S/C23H27N5/c1-18(2)24-22-17-21(19-9-5-3-6-10-19)25-23(26-22)28-15-13-27(14-16-28)20-11-7-4-8-12-20/h3-12,17-18H,13-16H2,1-2H3,(H,24,25,26). The summed E-state index contributed by atoms with van der Waals surface area (Å²) in [4.78, 5) is 14.4. The van der Waals surface area contributed by atoms with Crippen molar-refractivity contribution in [1.29, 1.82) is 0 Å². The van der Waals surface area contributed by atoms with Gasteiger partial charge in [-0.3, -0.25) is 0 Å². The highest BCUT2D eigenvalue weighted by molar-refractivity contribution is 5.65. The van der Waals surface area contributed by atoms with E-state index in [2.05, 4.69) is 71.4 Å². The lowest BCUT2D eigenvalue weighted by Crippen LogP contribution is -2.47. The summed E-state index contributed by atoms with van der Waals surface area (Å²) in [7, 11) is 0. The van der Waals surface area contributed by atoms with Crippen molar-refractivity contribution in [2.24, 2.45) is 0 Å². The van der Waals surface area contributed by atoms with Crippen LogP contribution in [0.1, 0.15) is 13.8 Å². The van der Waals surface area contributed by atoms with E-state index in [0.29, 0.717) is 6.04 Å². The maximum absolute atomic E-state index is 4.89. The van der Waals surface area contributed by atoms with Crippen LogP contribution in [0.3, 0.4) is 0 Å². The number of aromatic nitrogens is 2. The van der Waals surface area contributed by atoms with E-state index in [0.717, 1.165) is 49.2 Å². The molecule has 0 aliphatic carbocycles. The average Bonchev–Trinajstić information content (AvgIpc) is 2.74. The Kier molecular flexibility index (Phi) is 5.42. The zero-order chi connectivity index (χ0) is 19.3. The van der Waals surface area contributed by atoms with E-state index < -0.39 is 0 Å². The second-order valence-electron chi connectivity index (χ2n) is 7.41. The van der Waals surface area contributed by atoms with Crippen molar-refractivity contribution in [2.75, 3.05) is 41.3 Å². The van der Waals surface area contributed by atoms with Gasteiger partial charge in [0.25, 0.3) is 0 Å². The summed E-state index contributed by atoms with van der Waals surface area (Å²) in [6, 6.07) is 23.3. The van der Waals surface area contributed by atoms with E-state index >= 15 is 0 Å². The van der Waals surface area contributed by atoms with E-state index in [4.69, 9.17) is 9.97 Å². The fourth-order valence-corrected chi connectivity index (χ4v) is 3.51. The molecule has 1 fully saturated rings. The second kappa shape index (κ2) is 8.30. The Morgan fingerprint density at radius 3 is 2.04 bits per heavy atom. The van der Waals surface area contributed by atoms with Gasteiger partial charge in [-0.2, -0.15) is 4.98 Å². The van der Waals surface area contributed by atoms with Crippen molar-refractivity contribution in [1.82, 2.24) is 9.97 Å². The largest absolute Gasteiger partial charge is 0.368 e. The van der Waals surface area contributed by atoms with Gasteiger partial charge in [-0.25, -0.2) is 4.98 Å². The van der Waals surface area contributed by atoms with Crippen LogP contribution in [-0.2, 0) is 0 Å². The number of nitrogens with one attached hydrogen (secondary N) is 1. The molecule has 5 heteroatoms. The molecule has 0 atom stereocenters. The number of benzene rings is 2. The van der Waals surface area contributed by atoms with Crippen molar-refractivity contribution in [2.45, 2.75) is 19.9 Å². The van der Waals surface area contributed by atoms with Crippen LogP contribution in [0, 0.1) is 0 Å². The molecule has 1 aliphatic heterocycles. The van der Waals surface area contributed by atoms with Gasteiger partial charge in [0.15, 0.2) is 0 Å². The molecule has 0 radical (unpaired) electrons. The van der Waals surface area contributed by atoms with Gasteiger partial charge in [0.05, 0.1) is 5.69 Å². The molecule has 0 amide bonds. The first-order chi connectivity index (χ1) is 13.7. The van der Waals surface area contributed by atoms with Crippen molar-refractivity contribution < 1.29 is 0 Å². The fourth-order valence-electron chi connectivity index (χ4n) is 3.51. The van der Waals surface area contributed by atoms with Gasteiger partial charge in [0, 0.05) is 49.5 Å². The minimum absolute atomic E-state index is 0.321. The minimum atomic E-state index is 0.321. The summed E-state index contributed by atoms with van der Waals surface area (Å²) in [5.74, 6) is 1.68. The summed E-state index contributed by atoms with van der Waals surface area (Å²) in [5.41, 5.74) is 3.35. The molecular weight excluding hydrogens is 346 g/mol. The Balaban J connectivity index is 1.57. The third-order valence-corrected chi connectivity index (χ3v) is 4.90. The van der Waals surface area contributed by atoms with Crippen LogP contribution in [0.25, 0.3) is 11.3 Å². The highest BCUT2D eigenvalue weighted by Crippen LogP contribution is 2.25. The van der Waals surface area contributed by atoms with Gasteiger partial charge >= 0.3 is 0 Å². The number of rotatable bonds is 5. The van der Waals surface area contributed by atoms with Gasteiger partial charge in [-0.15, -0.1) is 0 Å². The molecule has 5 nitrogen and oxygen atoms in total. The van der Waals surface area contributed by atoms with Crippen molar-refractivity contribution in [3.8, 4) is 11.3 Å². The van der Waals surface area contributed by atoms with Gasteiger partial charge in [0.2, 0.25) is 5.95 Å². The lowest BCUT2D eigenvalue weighted by molar-refractivity contribution is 0.640. The average molecular weight is 374 g/mol. The van der Waals surface area contributed by atoms with Crippen LogP contribution >= 0.6 is 0 Å². The molecule has 0 unspecified atom stereocenters. The molecule has 3 aromatic rings. The minimum Gasteiger partial charge on any atom is -0.368 e. The fraction of sp³-hybridized carbons (Fsp3) is 0.304. The molecule has 0 spiro atoms. The third kappa shape index (κ3) is 4.25. The Bertz CT molecular complexity index is 887. The number of piperazine rings is 1. The van der Waals surface area contributed by atoms with E-state index in [1.807, 2.05) is 24.3 Å². The Hall–Kier alpha value is -3.08. The number of nitrogens with zero attached hydrogens (tertiary/aromatic N) is 4. The van der Waals surface area contributed by atoms with Crippen molar-refractivity contribution in [3.63, 3.8) is 0 Å². The number of para-hydroxylation sites is 1. The number of hydrogen-bond donors (Lipinski definition) is 1. The van der Waals surface area contributed by atoms with Crippen LogP contribution in [0.4, 0.5) is 17.5 Å². The van der Waals surface area contributed by atoms with Crippen LogP contribution in [0.2, 0.25) is 0 Å². The quantitative estimate of drug-likeness (QED) is 0.723. The summed E-state index contributed by atoms with van der Waals surface area (Å²) < 4.78 is 0. The van der Waals surface area contributed by atoms with Gasteiger partial charge in [-0.05, 0) is 26.0 Å². The SMILES string of the molecule is CC(C)Nc1cc(-c2ccccc2)nc(N2CCN(c3ccccc3)CC2)n1. The monoisotopic (exact) mass is 373 g/mol. The van der Waals surface area contributed by atoms with E-state index in [9.17, 15) is 0 Å². The van der Waals surface area contributed by atoms with Crippen LogP contribution in [0.15, 0.2) is 66.7 Å². The number of hydrogen-bond acceptors (Lipinski definition) is 5. The van der Waals surface area contributed by atoms with E-state index in [1.54, 1.807) is 0 Å². The first-order valence-electron chi connectivity index (χ1n) is 9.95. The maximum atomic E-state index is 4.89. The summed E-state index contributed by atoms with van der Waals surface area (Å²) in [5, 5.41) is 3.44. The smallest absolute Gasteiger partial charge is 0.227 e. The Labute approximate surface area is 167 Å². The topological polar surface area (TPSA) is 44.3 Å². The Morgan fingerprint density at radius 2 is 1.39 bits per heavy atom. The molecule has 2 heterocycles. The third-order valence-electron chi connectivity index (χ3n) is 4.90. The normalized spacial score (nSPS) is 14.4. The molecule has 2 aromatic carbocycles. The molecular formula is C23H27N5. The summed E-state index contributed by atoms with van der Waals surface area (Å²) in [6.07, 6.45) is 0. The lowest BCUT2D eigenvalue weighted by atomic mass is 10.1. The molecule has 28 heavy (non-hydrogen) atoms. The van der Waals surface area contributed by atoms with Gasteiger partial charge in [-0.1, -0.05) is 48.5 Å². The van der Waals surface area contributed by atoms with E-state index in [-0.39, 0.29) is 0 Å². The zero-order valence-corrected chi connectivity index (χ0v) is 16.5. The first-order valence-corrected chi connectivity index (χ1v) is 9.95. The highest BCUT2D eigenvalue weighted by Gasteiger charge is 2.20. The maximum Gasteiger partial charge on any atom is 0.227 e. The summed E-state index contributed by atoms with van der Waals surface area (Å²) >= 11 is 0. The molecule has 144 valence electrons. The predicted molar refractivity (Wildman–Crippen MR) is 117 cm³/mol. The van der Waals surface area contributed by atoms with Gasteiger partial charge < -0.3 is 15.1 Å². The van der Waals surface area contributed by atoms with Crippen LogP contribution in [0.5, 0.6) is 0 Å². The van der Waals surface area contributed by atoms with Gasteiger partial charge in [0.1, 0.15) is 5.82 Å². The molecule has 0 saturated carbocycles. The molecule has 0 bridgehead atoms. The molecule has 1 aromatic heterocycles. The predicted octanol–water partition coefficient (Wildman–Crippen LogP) is 4.29. The molecule has 4 rings (SSSR count). The highest BCUT2D eigenvalue weighted by atomic mass is 15.3. The zero-order valence-electron chi connectivity index (χ0n) is 16.5. The van der Waals surface area contributed by atoms with Crippen molar-refractivity contribution >= 4 is 17.5 Å². The van der Waals surface area contributed by atoms with E-state index in [1.165, 1.54) is 5.69 Å². The second-order valence-corrected chi connectivity index (χ2v) is 7.41. The van der Waals surface area contributed by atoms with Crippen molar-refractivity contribution in [3.05, 3.63) is 66.7 Å². The molecule has 1 aliphatic rings. The van der Waals surface area contributed by atoms with Crippen LogP contribution in [-0.4, -0.2) is 42.2 Å². The Morgan fingerprint density at radius 1 is 0.786 bits per heavy atom. The first kappa shape index (κ1) is 18.3. The summed E-state index contributed by atoms with van der Waals surface area (Å²) in [6.45, 7) is 8.01. The lowest BCUT2D eigenvalue weighted by Gasteiger charge is -2.36.